The maximum atomic E-state index is 14.0. The van der Waals surface area contributed by atoms with Crippen molar-refractivity contribution in [1.82, 2.24) is 21.3 Å². The molecule has 2 rings (SSSR count). The van der Waals surface area contributed by atoms with E-state index in [1.165, 1.54) is 6.07 Å². The average Bonchev–Trinajstić information content (AvgIpc) is 3.37. The second kappa shape index (κ2) is 16.1. The van der Waals surface area contributed by atoms with E-state index in [-0.39, 0.29) is 12.1 Å². The molecule has 1 fully saturated rings. The van der Waals surface area contributed by atoms with E-state index >= 15 is 0 Å². The summed E-state index contributed by atoms with van der Waals surface area (Å²) >= 11 is 0. The molecule has 9 N–H and O–H groups in total. The first-order valence-electron chi connectivity index (χ1n) is 12.3. The highest BCUT2D eigenvalue weighted by molar-refractivity contribution is 5.73. The monoisotopic (exact) mass is 493 g/mol. The Bertz CT molecular complexity index is 833. The number of hydrogen-bond donors (Lipinski definition) is 7. The quantitative estimate of drug-likeness (QED) is 0.167. The van der Waals surface area contributed by atoms with Gasteiger partial charge in [-0.25, -0.2) is 8.78 Å². The Morgan fingerprint density at radius 1 is 1.26 bits per heavy atom. The van der Waals surface area contributed by atoms with Gasteiger partial charge in [0.2, 0.25) is 0 Å². The number of alkyl halides is 2. The third kappa shape index (κ3) is 8.52. The normalized spacial score (nSPS) is 17.3. The Kier molecular flexibility index (Phi) is 14.0. The number of nitrogens with one attached hydrogen (secondary N) is 5. The minimum Gasteiger partial charge on any atom is -0.394 e. The summed E-state index contributed by atoms with van der Waals surface area (Å²) in [7, 11) is 3.56. The first kappa shape index (κ1) is 30.4. The van der Waals surface area contributed by atoms with Crippen LogP contribution in [0.2, 0.25) is 0 Å². The zero-order valence-electron chi connectivity index (χ0n) is 21.7. The van der Waals surface area contributed by atoms with Crippen molar-refractivity contribution in [1.29, 1.82) is 0 Å². The summed E-state index contributed by atoms with van der Waals surface area (Å²) in [5, 5.41) is 16.4. The van der Waals surface area contributed by atoms with Crippen molar-refractivity contribution in [2.45, 2.75) is 58.2 Å². The third-order valence-electron chi connectivity index (χ3n) is 5.92. The lowest BCUT2D eigenvalue weighted by atomic mass is 9.94. The van der Waals surface area contributed by atoms with Gasteiger partial charge in [-0.1, -0.05) is 20.3 Å². The molecule has 0 aromatic heterocycles. The summed E-state index contributed by atoms with van der Waals surface area (Å²) in [5.41, 5.74) is 16.9. The fraction of sp³-hybridized carbons (Fsp3) is 0.538. The lowest BCUT2D eigenvalue weighted by Crippen LogP contribution is -2.41. The van der Waals surface area contributed by atoms with E-state index in [4.69, 9.17) is 11.5 Å². The molecule has 1 aliphatic rings. The van der Waals surface area contributed by atoms with E-state index in [2.05, 4.69) is 53.6 Å². The smallest absolute Gasteiger partial charge is 0.264 e. The van der Waals surface area contributed by atoms with Crippen LogP contribution in [0.15, 0.2) is 42.9 Å². The van der Waals surface area contributed by atoms with Gasteiger partial charge in [0, 0.05) is 56.4 Å². The molecule has 0 radical (unpaired) electrons. The Morgan fingerprint density at radius 2 is 1.97 bits per heavy atom. The number of likely N-dealkylation sites (N-methyl/N-ethyl adjacent to an activating group) is 1. The lowest BCUT2D eigenvalue weighted by Gasteiger charge is -2.26. The number of rotatable bonds is 13. The summed E-state index contributed by atoms with van der Waals surface area (Å²) in [6.07, 6.45) is 1.88. The molecule has 2 atom stereocenters. The van der Waals surface area contributed by atoms with Crippen molar-refractivity contribution in [3.63, 3.8) is 0 Å². The van der Waals surface area contributed by atoms with E-state index in [1.54, 1.807) is 13.2 Å². The van der Waals surface area contributed by atoms with Gasteiger partial charge in [0.05, 0.1) is 5.70 Å². The van der Waals surface area contributed by atoms with Gasteiger partial charge in [0.25, 0.3) is 6.43 Å². The summed E-state index contributed by atoms with van der Waals surface area (Å²) in [5.74, 6) is 0. The number of benzene rings is 1. The van der Waals surface area contributed by atoms with Crippen molar-refractivity contribution < 1.29 is 8.78 Å². The summed E-state index contributed by atoms with van der Waals surface area (Å²) in [6, 6.07) is 3.70. The number of hydrogen-bond acceptors (Lipinski definition) is 7. The van der Waals surface area contributed by atoms with Crippen LogP contribution in [0.4, 0.5) is 14.5 Å². The van der Waals surface area contributed by atoms with Crippen LogP contribution in [-0.2, 0) is 6.42 Å². The van der Waals surface area contributed by atoms with Crippen LogP contribution >= 0.6 is 0 Å². The molecule has 1 aromatic rings. The topological polar surface area (TPSA) is 112 Å². The number of anilines is 1. The van der Waals surface area contributed by atoms with Gasteiger partial charge in [-0.3, -0.25) is 0 Å². The standard InChI is InChI=1S/C24H41F2N7.C2H4/c1-5-7-15-10-18(16(12-27)13-29-3)19(23(25)26)11-21(15)33-24(28)22(30-4)20(6-2)32-17-8-9-31-14-17;1-2/h10-11,13,17,23-24,29-33H,5-9,12,14,27-28H2,1-4H3;1-2H2/b16-13+,22-20+;. The number of aryl methyl sites for hydroxylation is 1. The maximum Gasteiger partial charge on any atom is 0.264 e. The maximum absolute atomic E-state index is 14.0. The van der Waals surface area contributed by atoms with Crippen molar-refractivity contribution >= 4 is 11.3 Å². The molecule has 1 saturated heterocycles. The van der Waals surface area contributed by atoms with E-state index in [9.17, 15) is 8.78 Å². The summed E-state index contributed by atoms with van der Waals surface area (Å²) < 4.78 is 28.1. The molecule has 0 amide bonds. The molecule has 0 saturated carbocycles. The molecule has 0 spiro atoms. The zero-order chi connectivity index (χ0) is 26.4. The first-order valence-corrected chi connectivity index (χ1v) is 12.3. The predicted octanol–water partition coefficient (Wildman–Crippen LogP) is 3.39. The minimum atomic E-state index is -2.64. The highest BCUT2D eigenvalue weighted by atomic mass is 19.3. The van der Waals surface area contributed by atoms with E-state index in [0.29, 0.717) is 22.9 Å². The molecular formula is C26H45F2N7. The predicted molar refractivity (Wildman–Crippen MR) is 145 cm³/mol. The average molecular weight is 494 g/mol. The van der Waals surface area contributed by atoms with Crippen LogP contribution in [0.5, 0.6) is 0 Å². The van der Waals surface area contributed by atoms with Crippen LogP contribution in [0.1, 0.15) is 56.2 Å². The van der Waals surface area contributed by atoms with Crippen LogP contribution in [-0.4, -0.2) is 45.9 Å². The number of nitrogens with two attached hydrogens (primary N) is 2. The van der Waals surface area contributed by atoms with Gasteiger partial charge in [-0.05, 0) is 54.6 Å². The molecule has 35 heavy (non-hydrogen) atoms. The zero-order valence-corrected chi connectivity index (χ0v) is 21.7. The first-order chi connectivity index (χ1) is 16.9. The SMILES string of the molecule is C=C.CCCc1cc(/C(=C/NC)CN)c(C(F)F)cc1NC(N)/C(NC)=C(/CC)NC1CCNC1. The summed E-state index contributed by atoms with van der Waals surface area (Å²) in [6.45, 7) is 12.2. The van der Waals surface area contributed by atoms with Gasteiger partial charge in [-0.2, -0.15) is 0 Å². The van der Waals surface area contributed by atoms with Gasteiger partial charge in [0.1, 0.15) is 6.17 Å². The number of halogens is 2. The van der Waals surface area contributed by atoms with Gasteiger partial charge >= 0.3 is 0 Å². The van der Waals surface area contributed by atoms with Gasteiger partial charge < -0.3 is 38.1 Å². The highest BCUT2D eigenvalue weighted by Gasteiger charge is 2.22. The van der Waals surface area contributed by atoms with Crippen LogP contribution in [0.3, 0.4) is 0 Å². The molecule has 1 aromatic carbocycles. The van der Waals surface area contributed by atoms with Crippen molar-refractivity contribution in [3.8, 4) is 0 Å². The Balaban J connectivity index is 0.00000298. The molecule has 1 heterocycles. The molecule has 9 heteroatoms. The molecule has 2 unspecified atom stereocenters. The largest absolute Gasteiger partial charge is 0.394 e. The minimum absolute atomic E-state index is 0.0580. The Labute approximate surface area is 209 Å². The Morgan fingerprint density at radius 3 is 2.46 bits per heavy atom. The third-order valence-corrected chi connectivity index (χ3v) is 5.92. The van der Waals surface area contributed by atoms with Crippen LogP contribution in [0.25, 0.3) is 5.57 Å². The second-order valence-corrected chi connectivity index (χ2v) is 8.26. The van der Waals surface area contributed by atoms with Crippen molar-refractivity contribution in [2.24, 2.45) is 11.5 Å². The summed E-state index contributed by atoms with van der Waals surface area (Å²) in [4.78, 5) is 0. The highest BCUT2D eigenvalue weighted by Crippen LogP contribution is 2.34. The lowest BCUT2D eigenvalue weighted by molar-refractivity contribution is 0.151. The van der Waals surface area contributed by atoms with Gasteiger partial charge in [-0.15, -0.1) is 13.2 Å². The number of allylic oxidation sites excluding steroid dienone is 1. The van der Waals surface area contributed by atoms with Crippen LogP contribution in [0, 0.1) is 0 Å². The Hall–Kier alpha value is -2.62. The fourth-order valence-corrected chi connectivity index (χ4v) is 4.28. The second-order valence-electron chi connectivity index (χ2n) is 8.26. The molecule has 0 aliphatic carbocycles. The van der Waals surface area contributed by atoms with Crippen molar-refractivity contribution in [2.75, 3.05) is 39.0 Å². The van der Waals surface area contributed by atoms with E-state index < -0.39 is 12.6 Å². The molecule has 7 nitrogen and oxygen atoms in total. The molecule has 0 bridgehead atoms. The van der Waals surface area contributed by atoms with Crippen molar-refractivity contribution in [3.05, 3.63) is 59.6 Å². The molecular weight excluding hydrogens is 448 g/mol. The molecule has 1 aliphatic heterocycles. The fourth-order valence-electron chi connectivity index (χ4n) is 4.28. The van der Waals surface area contributed by atoms with E-state index in [1.807, 2.05) is 13.1 Å². The molecule has 198 valence electrons. The van der Waals surface area contributed by atoms with Gasteiger partial charge in [0.15, 0.2) is 0 Å². The van der Waals surface area contributed by atoms with Crippen LogP contribution < -0.4 is 38.1 Å². The van der Waals surface area contributed by atoms with E-state index in [0.717, 1.165) is 55.7 Å².